The first-order valence-electron chi connectivity index (χ1n) is 7.33. The highest BCUT2D eigenvalue weighted by Gasteiger charge is 2.49. The Kier molecular flexibility index (Phi) is 4.75. The van der Waals surface area contributed by atoms with Crippen molar-refractivity contribution in [1.82, 2.24) is 10.2 Å². The molecule has 8 heteroatoms. The highest BCUT2D eigenvalue weighted by Crippen LogP contribution is 2.42. The molecule has 1 aliphatic carbocycles. The molecule has 1 saturated carbocycles. The third-order valence-corrected chi connectivity index (χ3v) is 6.24. The Hall–Kier alpha value is -1.31. The number of rotatable bonds is 5. The summed E-state index contributed by atoms with van der Waals surface area (Å²) >= 11 is 0. The molecular formula is C13H22N2O5S. The quantitative estimate of drug-likeness (QED) is 0.759. The summed E-state index contributed by atoms with van der Waals surface area (Å²) in [5, 5.41) is 11.9. The van der Waals surface area contributed by atoms with E-state index in [0.29, 0.717) is 6.54 Å². The van der Waals surface area contributed by atoms with Gasteiger partial charge in [0.2, 0.25) is 0 Å². The Morgan fingerprint density at radius 2 is 2.05 bits per heavy atom. The topological polar surface area (TPSA) is 104 Å². The maximum Gasteiger partial charge on any atom is 0.326 e. The van der Waals surface area contributed by atoms with Gasteiger partial charge in [-0.1, -0.05) is 13.3 Å². The number of carboxylic acid groups (broad SMARTS) is 1. The van der Waals surface area contributed by atoms with E-state index < -0.39 is 27.9 Å². The zero-order valence-electron chi connectivity index (χ0n) is 12.1. The van der Waals surface area contributed by atoms with Crippen LogP contribution in [0.25, 0.3) is 0 Å². The third kappa shape index (κ3) is 3.48. The fourth-order valence-corrected chi connectivity index (χ4v) is 4.09. The molecule has 2 fully saturated rings. The van der Waals surface area contributed by atoms with Crippen LogP contribution in [0.1, 0.15) is 26.2 Å². The number of fused-ring (bicyclic) bond motifs is 1. The SMILES string of the molecule is CCS(=O)(=O)CCNC(=O)N1CC2CCCC2C1C(=O)O. The molecule has 0 bridgehead atoms. The number of hydrogen-bond donors (Lipinski definition) is 2. The maximum absolute atomic E-state index is 12.1. The molecule has 0 aromatic rings. The van der Waals surface area contributed by atoms with Gasteiger partial charge in [0.05, 0.1) is 5.75 Å². The van der Waals surface area contributed by atoms with Gasteiger partial charge in [-0.3, -0.25) is 0 Å². The summed E-state index contributed by atoms with van der Waals surface area (Å²) in [7, 11) is -3.13. The first kappa shape index (κ1) is 16.1. The Balaban J connectivity index is 1.94. The molecule has 0 spiro atoms. The summed E-state index contributed by atoms with van der Waals surface area (Å²) in [5.41, 5.74) is 0. The normalized spacial score (nSPS) is 28.4. The highest BCUT2D eigenvalue weighted by molar-refractivity contribution is 7.91. The second kappa shape index (κ2) is 6.21. The Morgan fingerprint density at radius 1 is 1.33 bits per heavy atom. The third-order valence-electron chi connectivity index (χ3n) is 4.53. The van der Waals surface area contributed by atoms with Gasteiger partial charge in [-0.2, -0.15) is 0 Å². The van der Waals surface area contributed by atoms with Crippen LogP contribution in [0.15, 0.2) is 0 Å². The van der Waals surface area contributed by atoms with E-state index in [1.807, 2.05) is 0 Å². The molecule has 7 nitrogen and oxygen atoms in total. The van der Waals surface area contributed by atoms with E-state index in [9.17, 15) is 23.1 Å². The van der Waals surface area contributed by atoms with E-state index in [1.165, 1.54) is 4.90 Å². The predicted octanol–water partition coefficient (Wildman–Crippen LogP) is 0.316. The van der Waals surface area contributed by atoms with Crippen LogP contribution in [0.4, 0.5) is 4.79 Å². The van der Waals surface area contributed by atoms with Gasteiger partial charge in [0.1, 0.15) is 6.04 Å². The van der Waals surface area contributed by atoms with Crippen molar-refractivity contribution in [3.8, 4) is 0 Å². The van der Waals surface area contributed by atoms with E-state index in [-0.39, 0.29) is 29.9 Å². The molecule has 120 valence electrons. The molecule has 0 aromatic carbocycles. The van der Waals surface area contributed by atoms with E-state index in [2.05, 4.69) is 5.32 Å². The van der Waals surface area contributed by atoms with Gasteiger partial charge in [0.25, 0.3) is 0 Å². The predicted molar refractivity (Wildman–Crippen MR) is 76.7 cm³/mol. The van der Waals surface area contributed by atoms with Crippen molar-refractivity contribution in [3.63, 3.8) is 0 Å². The average Bonchev–Trinajstić information content (AvgIpc) is 2.97. The number of urea groups is 1. The lowest BCUT2D eigenvalue weighted by atomic mass is 9.94. The Bertz CT molecular complexity index is 519. The van der Waals surface area contributed by atoms with Gasteiger partial charge in [0, 0.05) is 18.8 Å². The van der Waals surface area contributed by atoms with Gasteiger partial charge in [-0.25, -0.2) is 18.0 Å². The molecule has 2 amide bonds. The summed E-state index contributed by atoms with van der Waals surface area (Å²) in [5.74, 6) is -0.758. The summed E-state index contributed by atoms with van der Waals surface area (Å²) in [6.45, 7) is 2.03. The first-order valence-corrected chi connectivity index (χ1v) is 9.15. The minimum Gasteiger partial charge on any atom is -0.480 e. The smallest absolute Gasteiger partial charge is 0.326 e. The van der Waals surface area contributed by atoms with Crippen LogP contribution in [-0.2, 0) is 14.6 Å². The molecule has 1 aliphatic heterocycles. The number of carboxylic acids is 1. The number of nitrogens with one attached hydrogen (secondary N) is 1. The highest BCUT2D eigenvalue weighted by atomic mass is 32.2. The van der Waals surface area contributed by atoms with Crippen LogP contribution in [0.3, 0.4) is 0 Å². The van der Waals surface area contributed by atoms with Gasteiger partial charge < -0.3 is 15.3 Å². The zero-order chi connectivity index (χ0) is 15.6. The molecule has 0 aromatic heterocycles. The van der Waals surface area contributed by atoms with Crippen molar-refractivity contribution in [3.05, 3.63) is 0 Å². The molecule has 3 unspecified atom stereocenters. The second-order valence-electron chi connectivity index (χ2n) is 5.76. The molecule has 3 atom stereocenters. The van der Waals surface area contributed by atoms with Crippen LogP contribution in [-0.4, -0.2) is 61.1 Å². The molecule has 2 aliphatic rings. The lowest BCUT2D eigenvalue weighted by Gasteiger charge is -2.24. The zero-order valence-corrected chi connectivity index (χ0v) is 12.9. The van der Waals surface area contributed by atoms with Gasteiger partial charge in [-0.05, 0) is 24.7 Å². The monoisotopic (exact) mass is 318 g/mol. The number of hydrogen-bond acceptors (Lipinski definition) is 4. The van der Waals surface area contributed by atoms with Crippen molar-refractivity contribution < 1.29 is 23.1 Å². The molecule has 2 rings (SSSR count). The number of likely N-dealkylation sites (tertiary alicyclic amines) is 1. The minimum atomic E-state index is -3.13. The fraction of sp³-hybridized carbons (Fsp3) is 0.846. The first-order chi connectivity index (χ1) is 9.85. The van der Waals surface area contributed by atoms with Crippen LogP contribution in [0, 0.1) is 11.8 Å². The summed E-state index contributed by atoms with van der Waals surface area (Å²) in [6, 6.07) is -1.25. The lowest BCUT2D eigenvalue weighted by molar-refractivity contribution is -0.142. The fourth-order valence-electron chi connectivity index (χ4n) is 3.39. The van der Waals surface area contributed by atoms with Crippen molar-refractivity contribution in [2.45, 2.75) is 32.2 Å². The molecule has 1 heterocycles. The Morgan fingerprint density at radius 3 is 2.67 bits per heavy atom. The van der Waals surface area contributed by atoms with E-state index in [1.54, 1.807) is 6.92 Å². The van der Waals surface area contributed by atoms with Crippen molar-refractivity contribution in [2.75, 3.05) is 24.6 Å². The van der Waals surface area contributed by atoms with Crippen LogP contribution in [0.2, 0.25) is 0 Å². The number of nitrogens with zero attached hydrogens (tertiary/aromatic N) is 1. The molecular weight excluding hydrogens is 296 g/mol. The molecule has 21 heavy (non-hydrogen) atoms. The number of carbonyl (C=O) groups is 2. The van der Waals surface area contributed by atoms with Crippen molar-refractivity contribution in [1.29, 1.82) is 0 Å². The van der Waals surface area contributed by atoms with E-state index in [0.717, 1.165) is 19.3 Å². The lowest BCUT2D eigenvalue weighted by Crippen LogP contribution is -2.48. The van der Waals surface area contributed by atoms with Crippen LogP contribution in [0.5, 0.6) is 0 Å². The minimum absolute atomic E-state index is 0.0210. The number of carbonyl (C=O) groups excluding carboxylic acids is 1. The van der Waals surface area contributed by atoms with E-state index in [4.69, 9.17) is 0 Å². The van der Waals surface area contributed by atoms with Crippen LogP contribution >= 0.6 is 0 Å². The summed E-state index contributed by atoms with van der Waals surface area (Å²) in [6.07, 6.45) is 2.82. The van der Waals surface area contributed by atoms with Gasteiger partial charge in [-0.15, -0.1) is 0 Å². The average molecular weight is 318 g/mol. The molecule has 2 N–H and O–H groups in total. The largest absolute Gasteiger partial charge is 0.480 e. The summed E-state index contributed by atoms with van der Waals surface area (Å²) < 4.78 is 22.8. The number of sulfone groups is 1. The van der Waals surface area contributed by atoms with Crippen molar-refractivity contribution >= 4 is 21.8 Å². The number of aliphatic carboxylic acids is 1. The van der Waals surface area contributed by atoms with E-state index >= 15 is 0 Å². The Labute approximate surface area is 124 Å². The van der Waals surface area contributed by atoms with Gasteiger partial charge in [0.15, 0.2) is 9.84 Å². The second-order valence-corrected chi connectivity index (χ2v) is 8.23. The van der Waals surface area contributed by atoms with Crippen molar-refractivity contribution in [2.24, 2.45) is 11.8 Å². The molecule has 0 radical (unpaired) electrons. The van der Waals surface area contributed by atoms with Gasteiger partial charge >= 0.3 is 12.0 Å². The maximum atomic E-state index is 12.1. The molecule has 1 saturated heterocycles. The standard InChI is InChI=1S/C13H22N2O5S/c1-2-21(19,20)7-6-14-13(18)15-8-9-4-3-5-10(9)11(15)12(16)17/h9-11H,2-8H2,1H3,(H,14,18)(H,16,17). The number of amides is 2. The summed E-state index contributed by atoms with van der Waals surface area (Å²) in [4.78, 5) is 24.9. The van der Waals surface area contributed by atoms with Crippen LogP contribution < -0.4 is 5.32 Å².